The van der Waals surface area contributed by atoms with E-state index < -0.39 is 54.6 Å². The number of carbonyl (C=O) groups is 4. The van der Waals surface area contributed by atoms with E-state index in [2.05, 4.69) is 10.6 Å². The van der Waals surface area contributed by atoms with E-state index in [4.69, 9.17) is 8.85 Å². The molecule has 2 aromatic rings. The molecule has 0 aromatic heterocycles. The smallest absolute Gasteiger partial charge is 0.407 e. The minimum atomic E-state index is -2.71. The van der Waals surface area contributed by atoms with Gasteiger partial charge in [0.1, 0.15) is 17.7 Å². The Bertz CT molecular complexity index is 1390. The van der Waals surface area contributed by atoms with Crippen LogP contribution in [0.1, 0.15) is 34.0 Å². The molecule has 0 spiro atoms. The first-order valence-electron chi connectivity index (χ1n) is 14.0. The van der Waals surface area contributed by atoms with Gasteiger partial charge in [0, 0.05) is 47.5 Å². The van der Waals surface area contributed by atoms with Crippen molar-refractivity contribution < 1.29 is 36.8 Å². The summed E-state index contributed by atoms with van der Waals surface area (Å²) in [6, 6.07) is 7.68. The van der Waals surface area contributed by atoms with Crippen LogP contribution in [0.3, 0.4) is 0 Å². The third-order valence-corrected chi connectivity index (χ3v) is 7.10. The second-order valence-electron chi connectivity index (χ2n) is 9.96. The highest BCUT2D eigenvalue weighted by Crippen LogP contribution is 2.33. The molecular formula is C27H29F2N5O5. The Labute approximate surface area is 228 Å². The molecule has 0 radical (unpaired) electrons. The van der Waals surface area contributed by atoms with Crippen LogP contribution >= 0.6 is 0 Å². The van der Waals surface area contributed by atoms with Gasteiger partial charge in [-0.15, -0.1) is 0 Å². The number of piperidine rings is 1. The van der Waals surface area contributed by atoms with E-state index in [1.807, 2.05) is 6.92 Å². The van der Waals surface area contributed by atoms with E-state index >= 15 is 0 Å². The molecule has 206 valence electrons. The lowest BCUT2D eigenvalue weighted by Crippen LogP contribution is -2.62. The number of hydrogen-bond acceptors (Lipinski definition) is 6. The average Bonchev–Trinajstić information content (AvgIpc) is 2.84. The molecule has 5 amide bonds. The van der Waals surface area contributed by atoms with Crippen molar-refractivity contribution in [1.82, 2.24) is 15.5 Å². The Balaban J connectivity index is 1.09. The van der Waals surface area contributed by atoms with E-state index in [0.29, 0.717) is 0 Å². The number of amides is 5. The summed E-state index contributed by atoms with van der Waals surface area (Å²) < 4.78 is 58.3. The first-order chi connectivity index (χ1) is 19.8. The van der Waals surface area contributed by atoms with Crippen molar-refractivity contribution in [2.24, 2.45) is 0 Å². The quantitative estimate of drug-likeness (QED) is 0.560. The van der Waals surface area contributed by atoms with Gasteiger partial charge in [-0.2, -0.15) is 0 Å². The van der Waals surface area contributed by atoms with E-state index in [0.717, 1.165) is 22.6 Å². The second kappa shape index (κ2) is 10.5. The molecule has 39 heavy (non-hydrogen) atoms. The number of ether oxygens (including phenoxy) is 1. The highest BCUT2D eigenvalue weighted by Gasteiger charge is 2.37. The van der Waals surface area contributed by atoms with Gasteiger partial charge in [-0.05, 0) is 37.6 Å². The fraction of sp³-hybridized carbons (Fsp3) is 0.407. The summed E-state index contributed by atoms with van der Waals surface area (Å²) in [7, 11) is 0. The van der Waals surface area contributed by atoms with Crippen LogP contribution in [-0.2, 0) is 14.3 Å². The number of aryl methyl sites for hydroxylation is 1. The zero-order chi connectivity index (χ0) is 30.3. The zero-order valence-corrected chi connectivity index (χ0v) is 21.1. The first kappa shape index (κ1) is 22.7. The summed E-state index contributed by atoms with van der Waals surface area (Å²) >= 11 is 0. The molecular weight excluding hydrogens is 512 g/mol. The van der Waals surface area contributed by atoms with E-state index in [9.17, 15) is 28.0 Å². The first-order valence-corrected chi connectivity index (χ1v) is 12.5. The van der Waals surface area contributed by atoms with Crippen molar-refractivity contribution >= 4 is 35.3 Å². The zero-order valence-electron chi connectivity index (χ0n) is 24.1. The summed E-state index contributed by atoms with van der Waals surface area (Å²) in [6.45, 7) is -0.296. The van der Waals surface area contributed by atoms with Crippen molar-refractivity contribution in [3.63, 3.8) is 0 Å². The molecule has 3 heterocycles. The van der Waals surface area contributed by atoms with Gasteiger partial charge in [-0.3, -0.25) is 19.8 Å². The Hall–Kier alpha value is -4.22. The third-order valence-electron chi connectivity index (χ3n) is 7.10. The summed E-state index contributed by atoms with van der Waals surface area (Å²) in [6.07, 6.45) is -1.33. The van der Waals surface area contributed by atoms with Gasteiger partial charge in [0.2, 0.25) is 11.8 Å². The minimum absolute atomic E-state index is 0.00405. The highest BCUT2D eigenvalue weighted by molar-refractivity contribution is 6.01. The predicted molar refractivity (Wildman–Crippen MR) is 137 cm³/mol. The largest absolute Gasteiger partial charge is 0.442 e. The van der Waals surface area contributed by atoms with Crippen LogP contribution in [0.2, 0.25) is 0 Å². The summed E-state index contributed by atoms with van der Waals surface area (Å²) in [5.41, 5.74) is 1.01. The average molecular weight is 545 g/mol. The van der Waals surface area contributed by atoms with E-state index in [1.54, 1.807) is 29.2 Å². The number of likely N-dealkylation sites (tertiary alicyclic amines) is 1. The molecule has 1 unspecified atom stereocenters. The molecule has 3 saturated heterocycles. The number of imide groups is 1. The molecule has 2 N–H and O–H groups in total. The van der Waals surface area contributed by atoms with Gasteiger partial charge in [-0.25, -0.2) is 18.4 Å². The lowest BCUT2D eigenvalue weighted by atomic mass is 9.89. The Morgan fingerprint density at radius 2 is 1.77 bits per heavy atom. The maximum absolute atomic E-state index is 14.8. The Kier molecular flexibility index (Phi) is 6.12. The maximum atomic E-state index is 14.8. The molecule has 10 nitrogen and oxygen atoms in total. The molecule has 3 aliphatic rings. The van der Waals surface area contributed by atoms with Crippen LogP contribution in [0.4, 0.5) is 29.7 Å². The fourth-order valence-corrected chi connectivity index (χ4v) is 4.80. The lowest BCUT2D eigenvalue weighted by molar-refractivity contribution is -0.134. The van der Waals surface area contributed by atoms with E-state index in [1.165, 1.54) is 4.90 Å². The molecule has 5 rings (SSSR count). The van der Waals surface area contributed by atoms with Gasteiger partial charge in [0.05, 0.1) is 25.0 Å². The van der Waals surface area contributed by atoms with Gasteiger partial charge >= 0.3 is 12.1 Å². The molecule has 0 aliphatic carbocycles. The second-order valence-corrected chi connectivity index (χ2v) is 9.96. The van der Waals surface area contributed by atoms with Crippen LogP contribution in [0.15, 0.2) is 36.4 Å². The Morgan fingerprint density at radius 3 is 2.38 bits per heavy atom. The number of hydrogen-bond donors (Lipinski definition) is 2. The van der Waals surface area contributed by atoms with Crippen molar-refractivity contribution in [3.05, 3.63) is 59.2 Å². The number of halogens is 2. The van der Waals surface area contributed by atoms with Gasteiger partial charge in [-0.1, -0.05) is 17.7 Å². The molecule has 0 bridgehead atoms. The monoisotopic (exact) mass is 544 g/mol. The van der Waals surface area contributed by atoms with Crippen LogP contribution in [-0.4, -0.2) is 74.1 Å². The lowest BCUT2D eigenvalue weighted by Gasteiger charge is -2.43. The van der Waals surface area contributed by atoms with Crippen LogP contribution in [0.5, 0.6) is 0 Å². The highest BCUT2D eigenvalue weighted by atomic mass is 19.1. The summed E-state index contributed by atoms with van der Waals surface area (Å²) in [5.74, 6) is -4.08. The van der Waals surface area contributed by atoms with Gasteiger partial charge < -0.3 is 19.9 Å². The number of nitrogens with one attached hydrogen (secondary N) is 2. The van der Waals surface area contributed by atoms with Crippen molar-refractivity contribution in [2.45, 2.75) is 37.8 Å². The van der Waals surface area contributed by atoms with E-state index in [-0.39, 0.29) is 62.0 Å². The number of urea groups is 1. The van der Waals surface area contributed by atoms with Crippen molar-refractivity contribution in [3.8, 4) is 0 Å². The van der Waals surface area contributed by atoms with Crippen LogP contribution in [0, 0.1) is 18.6 Å². The number of rotatable bonds is 5. The fourth-order valence-electron chi connectivity index (χ4n) is 4.80. The number of anilines is 2. The summed E-state index contributed by atoms with van der Waals surface area (Å²) in [4.78, 5) is 52.3. The summed E-state index contributed by atoms with van der Waals surface area (Å²) in [5, 5.41) is 4.76. The normalized spacial score (nSPS) is 21.1. The predicted octanol–water partition coefficient (Wildman–Crippen LogP) is 2.65. The van der Waals surface area contributed by atoms with Gasteiger partial charge in [0.15, 0.2) is 0 Å². The SMILES string of the molecule is [2H]C([2H])([2H])N(C(=O)N1CC(OC(=O)NC2CN(c3cc(F)c(C4CCC(=O)NC4=O)c(F)c3)C2)C1)c1ccc(C)cc1. The molecule has 1 atom stereocenters. The van der Waals surface area contributed by atoms with Gasteiger partial charge in [0.25, 0.3) is 0 Å². The number of alkyl carbamates (subject to hydrolysis) is 1. The minimum Gasteiger partial charge on any atom is -0.442 e. The standard InChI is InChI=1S/C27H29F2N5O5/c1-15-3-5-17(6-4-15)32(2)27(38)34-13-19(14-34)39-26(37)30-16-11-33(12-16)18-9-21(28)24(22(29)10-18)20-7-8-23(35)31-25(20)36/h3-6,9-10,16,19-20H,7-8,11-14H2,1-2H3,(H,30,37)(H,31,35,36)/i2D3. The van der Waals surface area contributed by atoms with Crippen LogP contribution < -0.4 is 20.4 Å². The van der Waals surface area contributed by atoms with Crippen molar-refractivity contribution in [2.75, 3.05) is 43.0 Å². The number of nitrogens with zero attached hydrogens (tertiary/aromatic N) is 3. The molecule has 3 aliphatic heterocycles. The third kappa shape index (κ3) is 5.50. The molecule has 12 heteroatoms. The molecule has 2 aromatic carbocycles. The van der Waals surface area contributed by atoms with Crippen LogP contribution in [0.25, 0.3) is 0 Å². The number of carbonyl (C=O) groups excluding carboxylic acids is 4. The maximum Gasteiger partial charge on any atom is 0.407 e. The Morgan fingerprint density at radius 1 is 1.10 bits per heavy atom. The van der Waals surface area contributed by atoms with Crippen molar-refractivity contribution in [1.29, 1.82) is 0 Å². The number of benzene rings is 2. The molecule has 0 saturated carbocycles. The molecule has 3 fully saturated rings. The topological polar surface area (TPSA) is 111 Å².